The van der Waals surface area contributed by atoms with Crippen LogP contribution in [0.1, 0.15) is 42.4 Å². The van der Waals surface area contributed by atoms with Crippen molar-refractivity contribution in [3.63, 3.8) is 0 Å². The van der Waals surface area contributed by atoms with Gasteiger partial charge in [-0.1, -0.05) is 37.6 Å². The number of esters is 1. The van der Waals surface area contributed by atoms with E-state index in [0.717, 1.165) is 5.56 Å². The van der Waals surface area contributed by atoms with Crippen LogP contribution in [-0.4, -0.2) is 27.8 Å². The van der Waals surface area contributed by atoms with Gasteiger partial charge in [-0.25, -0.2) is 9.18 Å². The lowest BCUT2D eigenvalue weighted by molar-refractivity contribution is -0.129. The molecule has 1 N–H and O–H groups in total. The zero-order chi connectivity index (χ0) is 20.1. The number of carbonyl (C=O) groups is 2. The molecule has 6 nitrogen and oxygen atoms in total. The van der Waals surface area contributed by atoms with Gasteiger partial charge in [0.15, 0.2) is 6.10 Å². The van der Waals surface area contributed by atoms with E-state index in [0.29, 0.717) is 18.2 Å². The number of aromatic nitrogens is 2. The number of ether oxygens (including phenoxy) is 1. The molecule has 27 heavy (non-hydrogen) atoms. The Bertz CT molecular complexity index is 818. The van der Waals surface area contributed by atoms with Gasteiger partial charge in [-0.2, -0.15) is 5.10 Å². The van der Waals surface area contributed by atoms with Gasteiger partial charge in [0, 0.05) is 13.1 Å². The molecule has 0 aliphatic carbocycles. The molecular formula is C19H23ClFN3O3. The highest BCUT2D eigenvalue weighted by atomic mass is 35.5. The average molecular weight is 396 g/mol. The summed E-state index contributed by atoms with van der Waals surface area (Å²) in [5.41, 5.74) is 1.34. The number of amides is 1. The fourth-order valence-corrected chi connectivity index (χ4v) is 2.78. The Kier molecular flexibility index (Phi) is 6.96. The van der Waals surface area contributed by atoms with Crippen LogP contribution in [-0.2, 0) is 22.6 Å². The Labute approximate surface area is 162 Å². The predicted molar refractivity (Wildman–Crippen MR) is 99.9 cm³/mol. The van der Waals surface area contributed by atoms with Crippen LogP contribution < -0.4 is 5.32 Å². The quantitative estimate of drug-likeness (QED) is 0.728. The van der Waals surface area contributed by atoms with Crippen LogP contribution in [0.15, 0.2) is 24.3 Å². The van der Waals surface area contributed by atoms with Crippen LogP contribution in [0.4, 0.5) is 4.39 Å². The summed E-state index contributed by atoms with van der Waals surface area (Å²) in [7, 11) is 0. The van der Waals surface area contributed by atoms with E-state index in [4.69, 9.17) is 16.3 Å². The molecule has 1 amide bonds. The molecule has 1 atom stereocenters. The lowest BCUT2D eigenvalue weighted by Crippen LogP contribution is -2.35. The Morgan fingerprint density at radius 3 is 2.48 bits per heavy atom. The third-order valence-corrected chi connectivity index (χ3v) is 4.22. The molecule has 0 saturated carbocycles. The molecule has 1 heterocycles. The fourth-order valence-electron chi connectivity index (χ4n) is 2.46. The molecule has 0 spiro atoms. The van der Waals surface area contributed by atoms with Gasteiger partial charge in [-0.05, 0) is 37.5 Å². The van der Waals surface area contributed by atoms with Gasteiger partial charge in [-0.3, -0.25) is 9.48 Å². The van der Waals surface area contributed by atoms with E-state index in [-0.39, 0.29) is 23.1 Å². The predicted octanol–water partition coefficient (Wildman–Crippen LogP) is 3.50. The molecule has 146 valence electrons. The molecule has 1 aromatic carbocycles. The van der Waals surface area contributed by atoms with E-state index in [1.165, 1.54) is 19.1 Å². The van der Waals surface area contributed by atoms with Crippen molar-refractivity contribution in [2.75, 3.05) is 0 Å². The molecule has 1 aromatic heterocycles. The highest BCUT2D eigenvalue weighted by Crippen LogP contribution is 2.22. The van der Waals surface area contributed by atoms with Crippen LogP contribution >= 0.6 is 11.6 Å². The second kappa shape index (κ2) is 8.99. The van der Waals surface area contributed by atoms with Crippen molar-refractivity contribution in [3.8, 4) is 0 Å². The minimum atomic E-state index is -1.01. The van der Waals surface area contributed by atoms with Gasteiger partial charge in [-0.15, -0.1) is 0 Å². The molecule has 2 rings (SSSR count). The maximum Gasteiger partial charge on any atom is 0.343 e. The van der Waals surface area contributed by atoms with Crippen LogP contribution in [0, 0.1) is 18.7 Å². The number of hydrogen-bond acceptors (Lipinski definition) is 4. The zero-order valence-electron chi connectivity index (χ0n) is 15.8. The average Bonchev–Trinajstić information content (AvgIpc) is 2.86. The standard InChI is InChI=1S/C19H23ClFN3O3/c1-11(2)10-24-17(20)16(12(3)23-24)19(26)27-13(4)18(25)22-9-14-5-7-15(21)8-6-14/h5-8,11,13H,9-10H2,1-4H3,(H,22,25)/t13-/m1/s1. The Balaban J connectivity index is 1.97. The summed E-state index contributed by atoms with van der Waals surface area (Å²) >= 11 is 6.25. The lowest BCUT2D eigenvalue weighted by atomic mass is 10.2. The third kappa shape index (κ3) is 5.53. The van der Waals surface area contributed by atoms with E-state index in [1.54, 1.807) is 23.7 Å². The topological polar surface area (TPSA) is 73.2 Å². The first-order valence-electron chi connectivity index (χ1n) is 8.65. The molecule has 0 aliphatic rings. The van der Waals surface area contributed by atoms with E-state index in [1.807, 2.05) is 13.8 Å². The van der Waals surface area contributed by atoms with E-state index >= 15 is 0 Å². The first kappa shape index (κ1) is 20.9. The van der Waals surface area contributed by atoms with E-state index < -0.39 is 18.0 Å². The summed E-state index contributed by atoms with van der Waals surface area (Å²) in [5, 5.41) is 7.10. The van der Waals surface area contributed by atoms with Crippen LogP contribution in [0.3, 0.4) is 0 Å². The van der Waals surface area contributed by atoms with Crippen molar-refractivity contribution >= 4 is 23.5 Å². The van der Waals surface area contributed by atoms with Crippen molar-refractivity contribution in [2.45, 2.75) is 46.9 Å². The van der Waals surface area contributed by atoms with Crippen LogP contribution in [0.25, 0.3) is 0 Å². The summed E-state index contributed by atoms with van der Waals surface area (Å²) in [4.78, 5) is 24.6. The minimum absolute atomic E-state index is 0.163. The summed E-state index contributed by atoms with van der Waals surface area (Å²) in [5.74, 6) is -1.20. The van der Waals surface area contributed by atoms with E-state index in [2.05, 4.69) is 10.4 Å². The first-order valence-corrected chi connectivity index (χ1v) is 9.02. The van der Waals surface area contributed by atoms with Gasteiger partial charge in [0.1, 0.15) is 16.5 Å². The summed E-state index contributed by atoms with van der Waals surface area (Å²) in [6, 6.07) is 5.76. The van der Waals surface area contributed by atoms with Gasteiger partial charge in [0.2, 0.25) is 0 Å². The third-order valence-electron chi connectivity index (χ3n) is 3.84. The number of benzene rings is 1. The maximum atomic E-state index is 12.9. The first-order chi connectivity index (χ1) is 12.7. The van der Waals surface area contributed by atoms with Crippen molar-refractivity contribution < 1.29 is 18.7 Å². The Morgan fingerprint density at radius 1 is 1.26 bits per heavy atom. The van der Waals surface area contributed by atoms with Crippen LogP contribution in [0.2, 0.25) is 5.15 Å². The lowest BCUT2D eigenvalue weighted by Gasteiger charge is -2.13. The number of halogens is 2. The number of nitrogens with zero attached hydrogens (tertiary/aromatic N) is 2. The van der Waals surface area contributed by atoms with Gasteiger partial charge in [0.05, 0.1) is 5.69 Å². The van der Waals surface area contributed by atoms with Crippen molar-refractivity contribution in [3.05, 3.63) is 52.1 Å². The molecule has 0 fully saturated rings. The van der Waals surface area contributed by atoms with Crippen molar-refractivity contribution in [1.82, 2.24) is 15.1 Å². The second-order valence-corrected chi connectivity index (χ2v) is 7.08. The summed E-state index contributed by atoms with van der Waals surface area (Å²) in [6.07, 6.45) is -1.01. The molecular weight excluding hydrogens is 373 g/mol. The van der Waals surface area contributed by atoms with Gasteiger partial charge in [0.25, 0.3) is 5.91 Å². The number of nitrogens with one attached hydrogen (secondary N) is 1. The van der Waals surface area contributed by atoms with Gasteiger partial charge < -0.3 is 10.1 Å². The van der Waals surface area contributed by atoms with Gasteiger partial charge >= 0.3 is 5.97 Å². The van der Waals surface area contributed by atoms with Crippen molar-refractivity contribution in [1.29, 1.82) is 0 Å². The van der Waals surface area contributed by atoms with Crippen LogP contribution in [0.5, 0.6) is 0 Å². The summed E-state index contributed by atoms with van der Waals surface area (Å²) in [6.45, 7) is 7.93. The Hall–Kier alpha value is -2.41. The highest BCUT2D eigenvalue weighted by Gasteiger charge is 2.25. The molecule has 8 heteroatoms. The molecule has 0 aliphatic heterocycles. The monoisotopic (exact) mass is 395 g/mol. The number of hydrogen-bond donors (Lipinski definition) is 1. The molecule has 0 radical (unpaired) electrons. The zero-order valence-corrected chi connectivity index (χ0v) is 16.5. The second-order valence-electron chi connectivity index (χ2n) is 6.72. The highest BCUT2D eigenvalue weighted by molar-refractivity contribution is 6.32. The molecule has 0 unspecified atom stereocenters. The number of rotatable bonds is 7. The minimum Gasteiger partial charge on any atom is -0.449 e. The molecule has 0 bridgehead atoms. The maximum absolute atomic E-state index is 12.9. The normalized spacial score (nSPS) is 12.1. The Morgan fingerprint density at radius 2 is 1.89 bits per heavy atom. The summed E-state index contributed by atoms with van der Waals surface area (Å²) < 4.78 is 19.7. The number of aryl methyl sites for hydroxylation is 1. The number of carbonyl (C=O) groups excluding carboxylic acids is 2. The molecule has 0 saturated heterocycles. The largest absolute Gasteiger partial charge is 0.449 e. The van der Waals surface area contributed by atoms with Crippen molar-refractivity contribution in [2.24, 2.45) is 5.92 Å². The molecule has 2 aromatic rings. The van der Waals surface area contributed by atoms with E-state index in [9.17, 15) is 14.0 Å². The fraction of sp³-hybridized carbons (Fsp3) is 0.421. The SMILES string of the molecule is Cc1nn(CC(C)C)c(Cl)c1C(=O)O[C@H](C)C(=O)NCc1ccc(F)cc1. The smallest absolute Gasteiger partial charge is 0.343 e.